The smallest absolute Gasteiger partial charge is 0.0802 e. The van der Waals surface area contributed by atoms with Crippen LogP contribution in [0.25, 0.3) is 0 Å². The first-order valence-corrected chi connectivity index (χ1v) is 6.21. The van der Waals surface area contributed by atoms with Crippen LogP contribution in [0.5, 0.6) is 0 Å². The van der Waals surface area contributed by atoms with E-state index in [4.69, 9.17) is 9.47 Å². The minimum Gasteiger partial charge on any atom is -0.381 e. The number of methoxy groups -OCH3 is 1. The molecule has 2 rings (SSSR count). The minimum absolute atomic E-state index is 0.160. The number of hydrogen-bond donors (Lipinski definition) is 1. The van der Waals surface area contributed by atoms with Gasteiger partial charge in [0.1, 0.15) is 0 Å². The van der Waals surface area contributed by atoms with E-state index >= 15 is 0 Å². The molecule has 88 valence electrons. The van der Waals surface area contributed by atoms with E-state index in [9.17, 15) is 0 Å². The quantitative estimate of drug-likeness (QED) is 0.771. The normalized spacial score (nSPS) is 30.6. The van der Waals surface area contributed by atoms with Crippen LogP contribution in [0.15, 0.2) is 0 Å². The summed E-state index contributed by atoms with van der Waals surface area (Å²) in [5, 5.41) is 3.65. The molecule has 2 aliphatic rings. The zero-order valence-corrected chi connectivity index (χ0v) is 9.76. The first-order chi connectivity index (χ1) is 7.35. The summed E-state index contributed by atoms with van der Waals surface area (Å²) in [7, 11) is 1.84. The van der Waals surface area contributed by atoms with E-state index < -0.39 is 0 Å². The molecule has 1 atom stereocenters. The van der Waals surface area contributed by atoms with Gasteiger partial charge in [-0.3, -0.25) is 0 Å². The van der Waals surface area contributed by atoms with E-state index in [1.54, 1.807) is 0 Å². The van der Waals surface area contributed by atoms with Crippen LogP contribution in [0.1, 0.15) is 38.5 Å². The van der Waals surface area contributed by atoms with E-state index in [1.807, 2.05) is 7.11 Å². The number of hydrogen-bond acceptors (Lipinski definition) is 3. The molecule has 15 heavy (non-hydrogen) atoms. The molecular formula is C12H23NO2. The van der Waals surface area contributed by atoms with Crippen LogP contribution in [-0.2, 0) is 9.47 Å². The maximum absolute atomic E-state index is 5.60. The van der Waals surface area contributed by atoms with Crippen molar-refractivity contribution >= 4 is 0 Å². The molecule has 3 nitrogen and oxygen atoms in total. The van der Waals surface area contributed by atoms with Crippen LogP contribution in [0.2, 0.25) is 0 Å². The molecule has 1 unspecified atom stereocenters. The largest absolute Gasteiger partial charge is 0.381 e. The zero-order chi connectivity index (χ0) is 10.6. The van der Waals surface area contributed by atoms with Crippen LogP contribution in [-0.4, -0.2) is 38.5 Å². The van der Waals surface area contributed by atoms with Crippen molar-refractivity contribution < 1.29 is 9.47 Å². The van der Waals surface area contributed by atoms with Gasteiger partial charge in [-0.05, 0) is 38.5 Å². The number of nitrogens with one attached hydrogen (secondary N) is 1. The number of ether oxygens (including phenoxy) is 2. The lowest BCUT2D eigenvalue weighted by atomic mass is 9.79. The predicted octanol–water partition coefficient (Wildman–Crippen LogP) is 1.71. The summed E-state index contributed by atoms with van der Waals surface area (Å²) in [5.41, 5.74) is 0.160. The molecule has 0 spiro atoms. The zero-order valence-electron chi connectivity index (χ0n) is 9.76. The fourth-order valence-corrected chi connectivity index (χ4v) is 2.46. The van der Waals surface area contributed by atoms with Gasteiger partial charge >= 0.3 is 0 Å². The Morgan fingerprint density at radius 2 is 2.13 bits per heavy atom. The van der Waals surface area contributed by atoms with E-state index in [0.717, 1.165) is 26.2 Å². The second-order valence-electron chi connectivity index (χ2n) is 4.86. The fraction of sp³-hybridized carbons (Fsp3) is 1.00. The molecule has 0 aromatic carbocycles. The Kier molecular flexibility index (Phi) is 4.00. The monoisotopic (exact) mass is 213 g/mol. The summed E-state index contributed by atoms with van der Waals surface area (Å²) in [4.78, 5) is 0. The SMILES string of the molecule is COC1(CNC2CCCOCC2)CCC1. The summed E-state index contributed by atoms with van der Waals surface area (Å²) in [6.45, 7) is 2.87. The van der Waals surface area contributed by atoms with Gasteiger partial charge in [-0.25, -0.2) is 0 Å². The average Bonchev–Trinajstić information content (AvgIpc) is 2.45. The van der Waals surface area contributed by atoms with Crippen molar-refractivity contribution in [3.63, 3.8) is 0 Å². The Hall–Kier alpha value is -0.120. The van der Waals surface area contributed by atoms with Gasteiger partial charge in [-0.15, -0.1) is 0 Å². The Morgan fingerprint density at radius 3 is 2.80 bits per heavy atom. The maximum Gasteiger partial charge on any atom is 0.0802 e. The van der Waals surface area contributed by atoms with Crippen LogP contribution >= 0.6 is 0 Å². The molecule has 1 aliphatic carbocycles. The molecule has 1 N–H and O–H groups in total. The summed E-state index contributed by atoms with van der Waals surface area (Å²) in [6, 6.07) is 0.639. The lowest BCUT2D eigenvalue weighted by Gasteiger charge is -2.41. The van der Waals surface area contributed by atoms with Crippen LogP contribution in [0, 0.1) is 0 Å². The molecule has 1 saturated heterocycles. The lowest BCUT2D eigenvalue weighted by molar-refractivity contribution is -0.0711. The third kappa shape index (κ3) is 2.92. The van der Waals surface area contributed by atoms with Gasteiger partial charge in [0.15, 0.2) is 0 Å². The van der Waals surface area contributed by atoms with Crippen molar-refractivity contribution in [2.45, 2.75) is 50.2 Å². The molecule has 3 heteroatoms. The first-order valence-electron chi connectivity index (χ1n) is 6.21. The van der Waals surface area contributed by atoms with Gasteiger partial charge in [0.2, 0.25) is 0 Å². The Morgan fingerprint density at radius 1 is 1.27 bits per heavy atom. The van der Waals surface area contributed by atoms with E-state index in [2.05, 4.69) is 5.32 Å². The molecular weight excluding hydrogens is 190 g/mol. The van der Waals surface area contributed by atoms with Crippen molar-refractivity contribution in [3.05, 3.63) is 0 Å². The van der Waals surface area contributed by atoms with Gasteiger partial charge in [-0.2, -0.15) is 0 Å². The molecule has 0 aromatic heterocycles. The molecule has 1 heterocycles. The molecule has 1 saturated carbocycles. The predicted molar refractivity (Wildman–Crippen MR) is 60.1 cm³/mol. The molecule has 1 aliphatic heterocycles. The second kappa shape index (κ2) is 5.28. The van der Waals surface area contributed by atoms with Gasteiger partial charge in [0.05, 0.1) is 5.60 Å². The molecule has 0 amide bonds. The van der Waals surface area contributed by atoms with Gasteiger partial charge < -0.3 is 14.8 Å². The molecule has 0 aromatic rings. The van der Waals surface area contributed by atoms with Crippen LogP contribution in [0.3, 0.4) is 0 Å². The van der Waals surface area contributed by atoms with Gasteiger partial charge in [0.25, 0.3) is 0 Å². The van der Waals surface area contributed by atoms with Crippen molar-refractivity contribution in [2.75, 3.05) is 26.9 Å². The van der Waals surface area contributed by atoms with E-state index in [1.165, 1.54) is 32.1 Å². The van der Waals surface area contributed by atoms with Gasteiger partial charge in [0, 0.05) is 32.9 Å². The maximum atomic E-state index is 5.60. The van der Waals surface area contributed by atoms with Crippen LogP contribution in [0.4, 0.5) is 0 Å². The highest BCUT2D eigenvalue weighted by atomic mass is 16.5. The Bertz CT molecular complexity index is 179. The van der Waals surface area contributed by atoms with E-state index in [-0.39, 0.29) is 5.60 Å². The molecule has 0 radical (unpaired) electrons. The highest BCUT2D eigenvalue weighted by molar-refractivity contribution is 4.92. The summed E-state index contributed by atoms with van der Waals surface area (Å²) < 4.78 is 11.1. The van der Waals surface area contributed by atoms with E-state index in [0.29, 0.717) is 6.04 Å². The minimum atomic E-state index is 0.160. The third-order valence-electron chi connectivity index (χ3n) is 3.86. The summed E-state index contributed by atoms with van der Waals surface area (Å²) in [6.07, 6.45) is 7.36. The van der Waals surface area contributed by atoms with Gasteiger partial charge in [-0.1, -0.05) is 0 Å². The van der Waals surface area contributed by atoms with Crippen molar-refractivity contribution in [1.82, 2.24) is 5.32 Å². The highest BCUT2D eigenvalue weighted by Crippen LogP contribution is 2.34. The molecule has 2 fully saturated rings. The summed E-state index contributed by atoms with van der Waals surface area (Å²) >= 11 is 0. The van der Waals surface area contributed by atoms with Crippen LogP contribution < -0.4 is 5.32 Å². The topological polar surface area (TPSA) is 30.5 Å². The number of rotatable bonds is 4. The highest BCUT2D eigenvalue weighted by Gasteiger charge is 2.37. The summed E-state index contributed by atoms with van der Waals surface area (Å²) in [5.74, 6) is 0. The van der Waals surface area contributed by atoms with Crippen molar-refractivity contribution in [1.29, 1.82) is 0 Å². The van der Waals surface area contributed by atoms with Crippen molar-refractivity contribution in [3.8, 4) is 0 Å². The second-order valence-corrected chi connectivity index (χ2v) is 4.86. The first kappa shape index (κ1) is 11.4. The third-order valence-corrected chi connectivity index (χ3v) is 3.86. The Balaban J connectivity index is 1.71. The lowest BCUT2D eigenvalue weighted by Crippen LogP contribution is -2.50. The standard InChI is InChI=1S/C12H23NO2/c1-14-12(6-3-7-12)10-13-11-4-2-8-15-9-5-11/h11,13H,2-10H2,1H3. The molecule has 0 bridgehead atoms. The fourth-order valence-electron chi connectivity index (χ4n) is 2.46. The van der Waals surface area contributed by atoms with Crippen molar-refractivity contribution in [2.24, 2.45) is 0 Å². The average molecular weight is 213 g/mol. The Labute approximate surface area is 92.5 Å².